The van der Waals surface area contributed by atoms with E-state index < -0.39 is 18.4 Å². The average Bonchev–Trinajstić information content (AvgIpc) is 2.79. The van der Waals surface area contributed by atoms with Crippen LogP contribution in [0.25, 0.3) is 10.9 Å². The maximum absolute atomic E-state index is 4.97. The topological polar surface area (TPSA) is 17.8 Å². The zero-order valence-electron chi connectivity index (χ0n) is 12.3. The Morgan fingerprint density at radius 1 is 0.900 bits per heavy atom. The number of fused-ring (bicyclic) bond motifs is 1. The van der Waals surface area contributed by atoms with Crippen LogP contribution < -0.4 is 3.71 Å². The van der Waals surface area contributed by atoms with Gasteiger partial charge in [0.15, 0.2) is 0 Å². The van der Waals surface area contributed by atoms with Gasteiger partial charge in [0.2, 0.25) is 0 Å². The van der Waals surface area contributed by atoms with Gasteiger partial charge in [-0.15, -0.1) is 0 Å². The molecule has 20 heavy (non-hydrogen) atoms. The molecule has 0 saturated heterocycles. The molecule has 0 spiro atoms. The second kappa shape index (κ2) is 5.24. The molecule has 0 fully saturated rings. The van der Waals surface area contributed by atoms with E-state index in [1.165, 1.54) is 20.2 Å². The van der Waals surface area contributed by atoms with Crippen molar-refractivity contribution in [2.45, 2.75) is 21.4 Å². The van der Waals surface area contributed by atoms with E-state index in [1.807, 2.05) is 0 Å². The molecule has 0 aliphatic rings. The van der Waals surface area contributed by atoms with Gasteiger partial charge in [-0.25, -0.2) is 0 Å². The summed E-state index contributed by atoms with van der Waals surface area (Å²) in [5.74, 6) is 0. The van der Waals surface area contributed by atoms with Gasteiger partial charge in [-0.3, -0.25) is 0 Å². The van der Waals surface area contributed by atoms with Crippen molar-refractivity contribution in [3.05, 3.63) is 60.2 Å². The second-order valence-electron chi connectivity index (χ2n) is 6.26. The molecule has 2 nitrogen and oxygen atoms in total. The number of benzene rings is 2. The van der Waals surface area contributed by atoms with Gasteiger partial charge < -0.3 is 0 Å². The number of hydrogen-bond acceptors (Lipinski definition) is 1. The van der Waals surface area contributed by atoms with E-state index in [-0.39, 0.29) is 0 Å². The van der Waals surface area contributed by atoms with E-state index in [0.29, 0.717) is 0 Å². The van der Waals surface area contributed by atoms with Crippen molar-refractivity contribution in [1.82, 2.24) is 9.78 Å². The number of hydrogen-bond donors (Lipinski definition) is 0. The quantitative estimate of drug-likeness (QED) is 0.643. The Balaban J connectivity index is 2.12. The van der Waals surface area contributed by atoms with Crippen molar-refractivity contribution in [1.29, 1.82) is 0 Å². The van der Waals surface area contributed by atoms with Crippen LogP contribution in [0, 0.1) is 0 Å². The molecule has 0 bridgehead atoms. The van der Waals surface area contributed by atoms with Gasteiger partial charge in [0.1, 0.15) is 0 Å². The summed E-state index contributed by atoms with van der Waals surface area (Å²) in [4.78, 5) is 7.28. The van der Waals surface area contributed by atoms with Gasteiger partial charge >= 0.3 is 124 Å². The van der Waals surface area contributed by atoms with E-state index in [2.05, 4.69) is 74.1 Å². The molecule has 1 heterocycles. The van der Waals surface area contributed by atoms with Crippen LogP contribution in [0.2, 0.25) is 14.8 Å². The Labute approximate surface area is 124 Å². The SMILES string of the molecule is [CH3][Sn]([CH3])([CH3])[c]1nn(Cc2ccccc2)c2ccccc12. The molecule has 0 amide bonds. The molecule has 0 unspecified atom stereocenters. The first-order chi connectivity index (χ1) is 9.55. The van der Waals surface area contributed by atoms with Gasteiger partial charge in [-0.2, -0.15) is 0 Å². The predicted octanol–water partition coefficient (Wildman–Crippen LogP) is 3.63. The number of aromatic nitrogens is 2. The monoisotopic (exact) mass is 372 g/mol. The Kier molecular flexibility index (Phi) is 3.59. The van der Waals surface area contributed by atoms with Crippen LogP contribution in [0.15, 0.2) is 54.6 Å². The zero-order chi connectivity index (χ0) is 14.2. The molecule has 0 saturated carbocycles. The van der Waals surface area contributed by atoms with Crippen molar-refractivity contribution < 1.29 is 0 Å². The van der Waals surface area contributed by atoms with Crippen molar-refractivity contribution >= 4 is 33.0 Å². The summed E-state index contributed by atoms with van der Waals surface area (Å²) in [7, 11) is 0. The van der Waals surface area contributed by atoms with Crippen molar-refractivity contribution in [2.75, 3.05) is 0 Å². The summed E-state index contributed by atoms with van der Waals surface area (Å²) in [5.41, 5.74) is 2.56. The first-order valence-electron chi connectivity index (χ1n) is 7.06. The number of rotatable bonds is 3. The van der Waals surface area contributed by atoms with E-state index in [9.17, 15) is 0 Å². The van der Waals surface area contributed by atoms with E-state index in [1.54, 1.807) is 0 Å². The first kappa shape index (κ1) is 13.7. The summed E-state index contributed by atoms with van der Waals surface area (Å²) < 4.78 is 3.55. The molecule has 0 atom stereocenters. The zero-order valence-corrected chi connectivity index (χ0v) is 15.2. The third-order valence-electron chi connectivity index (χ3n) is 3.54. The summed E-state index contributed by atoms with van der Waals surface area (Å²) in [5, 5.41) is 6.32. The second-order valence-corrected chi connectivity index (χ2v) is 20.5. The predicted molar refractivity (Wildman–Crippen MR) is 88.3 cm³/mol. The molecule has 1 aromatic heterocycles. The molecule has 3 aromatic rings. The van der Waals surface area contributed by atoms with Crippen molar-refractivity contribution in [3.63, 3.8) is 0 Å². The molecule has 0 N–H and O–H groups in total. The molecule has 0 aliphatic heterocycles. The Bertz CT molecular complexity index is 724. The average molecular weight is 371 g/mol. The molecule has 102 valence electrons. The summed E-state index contributed by atoms with van der Waals surface area (Å²) in [6.07, 6.45) is 0. The van der Waals surface area contributed by atoms with Gasteiger partial charge in [0.05, 0.1) is 0 Å². The molecule has 2 aromatic carbocycles. The fourth-order valence-electron chi connectivity index (χ4n) is 2.56. The standard InChI is InChI=1S/C14H11N2.3CH3.Sn/c1-2-6-12(7-3-1)11-16-14-9-5-4-8-13(14)10-15-16;;;;/h1-9H,11H2;3*1H3;. The molecule has 3 heteroatoms. The molecular formula is C17H20N2Sn. The fourth-order valence-corrected chi connectivity index (χ4v) is 6.67. The Morgan fingerprint density at radius 3 is 2.25 bits per heavy atom. The van der Waals surface area contributed by atoms with Gasteiger partial charge in [-0.05, 0) is 0 Å². The third kappa shape index (κ3) is 2.61. The Hall–Kier alpha value is -1.29. The summed E-state index contributed by atoms with van der Waals surface area (Å²) in [6, 6.07) is 19.2. The molecule has 0 radical (unpaired) electrons. The van der Waals surface area contributed by atoms with Gasteiger partial charge in [0.25, 0.3) is 0 Å². The Morgan fingerprint density at radius 2 is 1.55 bits per heavy atom. The van der Waals surface area contributed by atoms with Crippen LogP contribution in [0.5, 0.6) is 0 Å². The van der Waals surface area contributed by atoms with Crippen LogP contribution in [0.1, 0.15) is 5.56 Å². The summed E-state index contributed by atoms with van der Waals surface area (Å²) >= 11 is -2.19. The minimum absolute atomic E-state index is 0.850. The van der Waals surface area contributed by atoms with E-state index in [0.717, 1.165) is 6.54 Å². The normalized spacial score (nSPS) is 11.9. The van der Waals surface area contributed by atoms with Crippen molar-refractivity contribution in [2.24, 2.45) is 0 Å². The molecule has 3 rings (SSSR count). The van der Waals surface area contributed by atoms with Gasteiger partial charge in [-0.1, -0.05) is 0 Å². The van der Waals surface area contributed by atoms with E-state index in [4.69, 9.17) is 5.10 Å². The number of nitrogens with zero attached hydrogens (tertiary/aromatic N) is 2. The van der Waals surface area contributed by atoms with Crippen LogP contribution in [-0.2, 0) is 6.54 Å². The fraction of sp³-hybridized carbons (Fsp3) is 0.235. The van der Waals surface area contributed by atoms with Crippen LogP contribution in [-0.4, -0.2) is 28.2 Å². The van der Waals surface area contributed by atoms with Gasteiger partial charge in [0, 0.05) is 0 Å². The minimum atomic E-state index is -2.19. The van der Waals surface area contributed by atoms with Crippen LogP contribution in [0.4, 0.5) is 0 Å². The van der Waals surface area contributed by atoms with Crippen LogP contribution >= 0.6 is 0 Å². The maximum atomic E-state index is 4.97. The molecule has 0 aliphatic carbocycles. The van der Waals surface area contributed by atoms with E-state index >= 15 is 0 Å². The third-order valence-corrected chi connectivity index (χ3v) is 8.65. The molecular weight excluding hydrogens is 351 g/mol. The number of para-hydroxylation sites is 1. The summed E-state index contributed by atoms with van der Waals surface area (Å²) in [6.45, 7) is 0.850. The van der Waals surface area contributed by atoms with Crippen LogP contribution in [0.3, 0.4) is 0 Å². The van der Waals surface area contributed by atoms with Crippen molar-refractivity contribution in [3.8, 4) is 0 Å². The first-order valence-corrected chi connectivity index (χ1v) is 17.0.